The number of nitrogens with one attached hydrogen (secondary N) is 3. The lowest BCUT2D eigenvalue weighted by Crippen LogP contribution is -2.23. The van der Waals surface area contributed by atoms with Crippen LogP contribution in [0.25, 0.3) is 0 Å². The fraction of sp³-hybridized carbons (Fsp3) is 0.333. The number of hydrogen-bond donors (Lipinski definition) is 3. The molecule has 0 saturated heterocycles. The number of rotatable bonds is 8. The van der Waals surface area contributed by atoms with Crippen LogP contribution in [-0.4, -0.2) is 43.8 Å². The quantitative estimate of drug-likeness (QED) is 0.587. The standard InChI is InChI=1S/C12H17N5O3S/c1-13-6-7-20-10-2-4-11(5-3-10)21(18,19)16-8-12-14-9-15-17-12/h2-5,9,13,16H,6-8H2,1H3,(H,14,15,17). The first-order chi connectivity index (χ1) is 10.1. The van der Waals surface area contributed by atoms with Crippen molar-refractivity contribution in [1.29, 1.82) is 0 Å². The maximum atomic E-state index is 12.1. The maximum Gasteiger partial charge on any atom is 0.240 e. The van der Waals surface area contributed by atoms with E-state index in [0.29, 0.717) is 18.2 Å². The van der Waals surface area contributed by atoms with Crippen LogP contribution >= 0.6 is 0 Å². The van der Waals surface area contributed by atoms with Gasteiger partial charge in [-0.3, -0.25) is 5.10 Å². The average molecular weight is 311 g/mol. The number of aromatic amines is 1. The van der Waals surface area contributed by atoms with Gasteiger partial charge in [0.15, 0.2) is 0 Å². The van der Waals surface area contributed by atoms with E-state index >= 15 is 0 Å². The molecular formula is C12H17N5O3S. The summed E-state index contributed by atoms with van der Waals surface area (Å²) in [5.74, 6) is 1.07. The first kappa shape index (κ1) is 15.4. The summed E-state index contributed by atoms with van der Waals surface area (Å²) in [5.41, 5.74) is 0. The molecule has 0 spiro atoms. The van der Waals surface area contributed by atoms with Crippen molar-refractivity contribution in [2.75, 3.05) is 20.2 Å². The largest absolute Gasteiger partial charge is 0.492 e. The molecule has 0 aliphatic rings. The van der Waals surface area contributed by atoms with Crippen molar-refractivity contribution < 1.29 is 13.2 Å². The topological polar surface area (TPSA) is 109 Å². The molecule has 9 heteroatoms. The third kappa shape index (κ3) is 4.52. The summed E-state index contributed by atoms with van der Waals surface area (Å²) in [4.78, 5) is 4.02. The van der Waals surface area contributed by atoms with Crippen LogP contribution < -0.4 is 14.8 Å². The second-order valence-corrected chi connectivity index (χ2v) is 5.95. The Morgan fingerprint density at radius 3 is 2.67 bits per heavy atom. The highest BCUT2D eigenvalue weighted by Gasteiger charge is 2.14. The molecule has 114 valence electrons. The van der Waals surface area contributed by atoms with Crippen LogP contribution in [0.4, 0.5) is 0 Å². The van der Waals surface area contributed by atoms with Crippen molar-refractivity contribution in [3.63, 3.8) is 0 Å². The second-order valence-electron chi connectivity index (χ2n) is 4.18. The van der Waals surface area contributed by atoms with E-state index in [1.165, 1.54) is 18.5 Å². The SMILES string of the molecule is CNCCOc1ccc(S(=O)(=O)NCc2ncn[nH]2)cc1. The molecule has 0 bridgehead atoms. The van der Waals surface area contributed by atoms with E-state index in [0.717, 1.165) is 6.54 Å². The molecule has 0 atom stereocenters. The predicted molar refractivity (Wildman–Crippen MR) is 76.3 cm³/mol. The number of sulfonamides is 1. The van der Waals surface area contributed by atoms with E-state index < -0.39 is 10.0 Å². The molecule has 1 aromatic heterocycles. The van der Waals surface area contributed by atoms with Crippen LogP contribution in [0.3, 0.4) is 0 Å². The number of nitrogens with zero attached hydrogens (tertiary/aromatic N) is 2. The Bertz CT molecular complexity index is 640. The molecule has 0 amide bonds. The molecule has 0 unspecified atom stereocenters. The lowest BCUT2D eigenvalue weighted by molar-refractivity contribution is 0.318. The number of aromatic nitrogens is 3. The summed E-state index contributed by atoms with van der Waals surface area (Å²) in [6.07, 6.45) is 1.32. The highest BCUT2D eigenvalue weighted by molar-refractivity contribution is 7.89. The van der Waals surface area contributed by atoms with E-state index in [4.69, 9.17) is 4.74 Å². The monoisotopic (exact) mass is 311 g/mol. The second kappa shape index (κ2) is 7.16. The van der Waals surface area contributed by atoms with E-state index in [-0.39, 0.29) is 11.4 Å². The lowest BCUT2D eigenvalue weighted by Gasteiger charge is -2.08. The third-order valence-electron chi connectivity index (χ3n) is 2.65. The fourth-order valence-electron chi connectivity index (χ4n) is 1.55. The number of likely N-dealkylation sites (N-methyl/N-ethyl adjacent to an activating group) is 1. The van der Waals surface area contributed by atoms with Crippen LogP contribution in [0.15, 0.2) is 35.5 Å². The zero-order chi connectivity index (χ0) is 15.1. The Hall–Kier alpha value is -1.97. The third-order valence-corrected chi connectivity index (χ3v) is 4.07. The zero-order valence-electron chi connectivity index (χ0n) is 11.5. The maximum absolute atomic E-state index is 12.1. The van der Waals surface area contributed by atoms with Crippen molar-refractivity contribution >= 4 is 10.0 Å². The van der Waals surface area contributed by atoms with Gasteiger partial charge >= 0.3 is 0 Å². The van der Waals surface area contributed by atoms with Gasteiger partial charge in [-0.05, 0) is 31.3 Å². The zero-order valence-corrected chi connectivity index (χ0v) is 12.4. The van der Waals surface area contributed by atoms with E-state index in [2.05, 4.69) is 25.2 Å². The van der Waals surface area contributed by atoms with Crippen molar-refractivity contribution in [1.82, 2.24) is 25.2 Å². The highest BCUT2D eigenvalue weighted by atomic mass is 32.2. The van der Waals surface area contributed by atoms with Crippen LogP contribution in [0.5, 0.6) is 5.75 Å². The van der Waals surface area contributed by atoms with Crippen molar-refractivity contribution in [2.45, 2.75) is 11.4 Å². The minimum Gasteiger partial charge on any atom is -0.492 e. The molecule has 3 N–H and O–H groups in total. The van der Waals surface area contributed by atoms with Crippen molar-refractivity contribution in [3.8, 4) is 5.75 Å². The number of H-pyrrole nitrogens is 1. The van der Waals surface area contributed by atoms with Crippen LogP contribution in [0.1, 0.15) is 5.82 Å². The molecule has 8 nitrogen and oxygen atoms in total. The van der Waals surface area contributed by atoms with E-state index in [1.807, 2.05) is 7.05 Å². The van der Waals surface area contributed by atoms with Crippen molar-refractivity contribution in [2.24, 2.45) is 0 Å². The van der Waals surface area contributed by atoms with Gasteiger partial charge in [-0.25, -0.2) is 18.1 Å². The molecule has 21 heavy (non-hydrogen) atoms. The van der Waals surface area contributed by atoms with Gasteiger partial charge in [-0.15, -0.1) is 0 Å². The normalized spacial score (nSPS) is 11.5. The number of benzene rings is 1. The van der Waals surface area contributed by atoms with Crippen LogP contribution in [0, 0.1) is 0 Å². The smallest absolute Gasteiger partial charge is 0.240 e. The van der Waals surface area contributed by atoms with Gasteiger partial charge < -0.3 is 10.1 Å². The van der Waals surface area contributed by atoms with Gasteiger partial charge in [0.25, 0.3) is 0 Å². The first-order valence-corrected chi connectivity index (χ1v) is 7.81. The van der Waals surface area contributed by atoms with Gasteiger partial charge in [0.1, 0.15) is 24.5 Å². The summed E-state index contributed by atoms with van der Waals surface area (Å²) in [5, 5.41) is 9.19. The van der Waals surface area contributed by atoms with Gasteiger partial charge in [0, 0.05) is 6.54 Å². The molecule has 0 aliphatic heterocycles. The highest BCUT2D eigenvalue weighted by Crippen LogP contribution is 2.15. The Labute approximate surface area is 123 Å². The fourth-order valence-corrected chi connectivity index (χ4v) is 2.54. The molecule has 0 saturated carbocycles. The summed E-state index contributed by atoms with van der Waals surface area (Å²) in [6.45, 7) is 1.30. The summed E-state index contributed by atoms with van der Waals surface area (Å²) in [7, 11) is -1.75. The molecule has 1 heterocycles. The Morgan fingerprint density at radius 2 is 2.05 bits per heavy atom. The first-order valence-electron chi connectivity index (χ1n) is 6.33. The molecule has 0 aliphatic carbocycles. The molecule has 0 radical (unpaired) electrons. The van der Waals surface area contributed by atoms with Crippen LogP contribution in [-0.2, 0) is 16.6 Å². The van der Waals surface area contributed by atoms with E-state index in [9.17, 15) is 8.42 Å². The minimum absolute atomic E-state index is 0.0583. The van der Waals surface area contributed by atoms with Crippen molar-refractivity contribution in [3.05, 3.63) is 36.4 Å². The molecule has 2 aromatic rings. The molecular weight excluding hydrogens is 294 g/mol. The average Bonchev–Trinajstić information content (AvgIpc) is 3.00. The summed E-state index contributed by atoms with van der Waals surface area (Å²) in [6, 6.07) is 6.24. The Kier molecular flexibility index (Phi) is 5.26. The summed E-state index contributed by atoms with van der Waals surface area (Å²) < 4.78 is 32.0. The predicted octanol–water partition coefficient (Wildman–Crippen LogP) is -0.119. The summed E-state index contributed by atoms with van der Waals surface area (Å²) >= 11 is 0. The number of ether oxygens (including phenoxy) is 1. The minimum atomic E-state index is -3.58. The van der Waals surface area contributed by atoms with Gasteiger partial charge in [-0.1, -0.05) is 0 Å². The Morgan fingerprint density at radius 1 is 1.29 bits per heavy atom. The number of hydrogen-bond acceptors (Lipinski definition) is 6. The van der Waals surface area contributed by atoms with Gasteiger partial charge in [-0.2, -0.15) is 5.10 Å². The Balaban J connectivity index is 1.96. The van der Waals surface area contributed by atoms with Gasteiger partial charge in [0.05, 0.1) is 11.4 Å². The van der Waals surface area contributed by atoms with Crippen LogP contribution in [0.2, 0.25) is 0 Å². The molecule has 0 fully saturated rings. The van der Waals surface area contributed by atoms with E-state index in [1.54, 1.807) is 12.1 Å². The molecule has 1 aromatic carbocycles. The lowest BCUT2D eigenvalue weighted by atomic mass is 10.3. The molecule has 2 rings (SSSR count). The van der Waals surface area contributed by atoms with Gasteiger partial charge in [0.2, 0.25) is 10.0 Å².